The number of halogens is 2. The molecule has 4 rings (SSSR count). The van der Waals surface area contributed by atoms with Crippen molar-refractivity contribution in [1.29, 1.82) is 0 Å². The predicted molar refractivity (Wildman–Crippen MR) is 104 cm³/mol. The Kier molecular flexibility index (Phi) is 4.29. The van der Waals surface area contributed by atoms with Crippen molar-refractivity contribution in [2.75, 3.05) is 0 Å². The minimum Gasteiger partial charge on any atom is -0.182 e. The van der Waals surface area contributed by atoms with Crippen LogP contribution in [0.1, 0.15) is 16.1 Å². The Hall–Kier alpha value is -2.21. The highest BCUT2D eigenvalue weighted by Gasteiger charge is 2.15. The van der Waals surface area contributed by atoms with Crippen molar-refractivity contribution in [1.82, 2.24) is 19.8 Å². The quantitative estimate of drug-likeness (QED) is 0.457. The van der Waals surface area contributed by atoms with E-state index in [1.54, 1.807) is 16.6 Å². The topological polar surface area (TPSA) is 43.1 Å². The largest absolute Gasteiger partial charge is 0.235 e. The average molecular weight is 387 g/mol. The van der Waals surface area contributed by atoms with E-state index in [9.17, 15) is 0 Å². The molecule has 0 bridgehead atoms. The maximum absolute atomic E-state index is 6.28. The van der Waals surface area contributed by atoms with E-state index in [4.69, 9.17) is 23.2 Å². The molecular formula is C18H12Cl2N4S. The van der Waals surface area contributed by atoms with Gasteiger partial charge in [0.2, 0.25) is 4.96 Å². The molecule has 4 nitrogen and oxygen atoms in total. The SMILES string of the molecule is Cc1ccc(C=Cc2nn3c(-c4ccc(Cl)cc4Cl)nnc3s2)cc1. The molecule has 0 radical (unpaired) electrons. The van der Waals surface area contributed by atoms with Crippen LogP contribution in [0.2, 0.25) is 10.0 Å². The molecule has 0 aliphatic carbocycles. The Bertz CT molecular complexity index is 1080. The first-order valence-electron chi connectivity index (χ1n) is 7.52. The Balaban J connectivity index is 1.69. The Labute approximate surface area is 158 Å². The zero-order valence-electron chi connectivity index (χ0n) is 13.1. The van der Waals surface area contributed by atoms with Crippen molar-refractivity contribution in [3.8, 4) is 11.4 Å². The van der Waals surface area contributed by atoms with Crippen LogP contribution in [0, 0.1) is 6.92 Å². The monoisotopic (exact) mass is 386 g/mol. The van der Waals surface area contributed by atoms with E-state index in [0.29, 0.717) is 20.8 Å². The second-order valence-electron chi connectivity index (χ2n) is 5.53. The molecule has 2 heterocycles. The first-order valence-corrected chi connectivity index (χ1v) is 9.10. The van der Waals surface area contributed by atoms with Gasteiger partial charge in [-0.15, -0.1) is 10.2 Å². The molecule has 7 heteroatoms. The van der Waals surface area contributed by atoms with Gasteiger partial charge in [-0.2, -0.15) is 9.61 Å². The van der Waals surface area contributed by atoms with Gasteiger partial charge in [-0.05, 0) is 36.8 Å². The molecule has 0 fully saturated rings. The van der Waals surface area contributed by atoms with Gasteiger partial charge in [-0.1, -0.05) is 70.4 Å². The molecule has 0 aliphatic heterocycles. The van der Waals surface area contributed by atoms with Crippen LogP contribution in [0.5, 0.6) is 0 Å². The van der Waals surface area contributed by atoms with Crippen LogP contribution in [0.3, 0.4) is 0 Å². The van der Waals surface area contributed by atoms with E-state index < -0.39 is 0 Å². The van der Waals surface area contributed by atoms with Crippen molar-refractivity contribution >= 4 is 51.7 Å². The van der Waals surface area contributed by atoms with E-state index in [1.165, 1.54) is 16.9 Å². The second-order valence-corrected chi connectivity index (χ2v) is 7.36. The lowest BCUT2D eigenvalue weighted by Gasteiger charge is -2.00. The van der Waals surface area contributed by atoms with Crippen molar-refractivity contribution in [2.24, 2.45) is 0 Å². The Morgan fingerprint density at radius 1 is 1.00 bits per heavy atom. The van der Waals surface area contributed by atoms with Gasteiger partial charge >= 0.3 is 0 Å². The van der Waals surface area contributed by atoms with Gasteiger partial charge in [0, 0.05) is 10.6 Å². The summed E-state index contributed by atoms with van der Waals surface area (Å²) in [4.78, 5) is 0.713. The number of nitrogens with zero attached hydrogens (tertiary/aromatic N) is 4. The predicted octanol–water partition coefficient (Wildman–Crippen LogP) is 5.64. The fourth-order valence-corrected chi connectivity index (χ4v) is 3.62. The summed E-state index contributed by atoms with van der Waals surface area (Å²) in [5, 5.41) is 14.9. The molecule has 4 aromatic rings. The van der Waals surface area contributed by atoms with E-state index in [-0.39, 0.29) is 0 Å². The third-order valence-electron chi connectivity index (χ3n) is 3.67. The summed E-state index contributed by atoms with van der Waals surface area (Å²) in [6, 6.07) is 13.6. The van der Waals surface area contributed by atoms with Gasteiger partial charge in [0.25, 0.3) is 0 Å². The van der Waals surface area contributed by atoms with Crippen LogP contribution in [0.15, 0.2) is 42.5 Å². The molecule has 0 unspecified atom stereocenters. The van der Waals surface area contributed by atoms with Crippen LogP contribution in [-0.2, 0) is 0 Å². The Morgan fingerprint density at radius 2 is 1.80 bits per heavy atom. The minimum atomic E-state index is 0.520. The molecule has 124 valence electrons. The zero-order valence-corrected chi connectivity index (χ0v) is 15.5. The third kappa shape index (κ3) is 3.31. The van der Waals surface area contributed by atoms with E-state index in [2.05, 4.69) is 46.5 Å². The molecule has 25 heavy (non-hydrogen) atoms. The molecule has 0 aliphatic rings. The average Bonchev–Trinajstić information content (AvgIpc) is 3.15. The number of aromatic nitrogens is 4. The van der Waals surface area contributed by atoms with Crippen molar-refractivity contribution in [2.45, 2.75) is 6.92 Å². The summed E-state index contributed by atoms with van der Waals surface area (Å²) in [5.41, 5.74) is 3.11. The minimum absolute atomic E-state index is 0.520. The number of aryl methyl sites for hydroxylation is 1. The summed E-state index contributed by atoms with van der Waals surface area (Å²) in [5.74, 6) is 0.600. The van der Waals surface area contributed by atoms with Crippen molar-refractivity contribution in [3.05, 3.63) is 68.6 Å². The highest BCUT2D eigenvalue weighted by atomic mass is 35.5. The summed E-state index contributed by atoms with van der Waals surface area (Å²) >= 11 is 13.7. The van der Waals surface area contributed by atoms with Gasteiger partial charge in [-0.3, -0.25) is 0 Å². The molecule has 2 aromatic heterocycles. The van der Waals surface area contributed by atoms with Gasteiger partial charge in [-0.25, -0.2) is 0 Å². The highest BCUT2D eigenvalue weighted by molar-refractivity contribution is 7.17. The van der Waals surface area contributed by atoms with Gasteiger partial charge < -0.3 is 0 Å². The smallest absolute Gasteiger partial charge is 0.182 e. The molecule has 0 saturated carbocycles. The zero-order chi connectivity index (χ0) is 17.4. The molecular weight excluding hydrogens is 375 g/mol. The summed E-state index contributed by atoms with van der Waals surface area (Å²) in [6.45, 7) is 2.07. The maximum atomic E-state index is 6.28. The first kappa shape index (κ1) is 16.3. The molecule has 0 atom stereocenters. The molecule has 2 aromatic carbocycles. The van der Waals surface area contributed by atoms with Gasteiger partial charge in [0.15, 0.2) is 5.82 Å². The van der Waals surface area contributed by atoms with Crippen molar-refractivity contribution in [3.63, 3.8) is 0 Å². The molecule has 0 spiro atoms. The van der Waals surface area contributed by atoms with E-state index in [0.717, 1.165) is 16.1 Å². The van der Waals surface area contributed by atoms with Crippen LogP contribution in [0.25, 0.3) is 28.5 Å². The maximum Gasteiger partial charge on any atom is 0.235 e. The van der Waals surface area contributed by atoms with E-state index in [1.807, 2.05) is 18.2 Å². The van der Waals surface area contributed by atoms with E-state index >= 15 is 0 Å². The van der Waals surface area contributed by atoms with Crippen molar-refractivity contribution < 1.29 is 0 Å². The fraction of sp³-hybridized carbons (Fsp3) is 0.0556. The standard InChI is InChI=1S/C18H12Cl2N4S/c1-11-2-4-12(5-3-11)6-9-16-23-24-17(21-22-18(24)25-16)14-8-7-13(19)10-15(14)20/h2-10H,1H3. The lowest BCUT2D eigenvalue weighted by atomic mass is 10.1. The number of rotatable bonds is 3. The summed E-state index contributed by atoms with van der Waals surface area (Å²) in [6.07, 6.45) is 4.00. The third-order valence-corrected chi connectivity index (χ3v) is 5.09. The van der Waals surface area contributed by atoms with Gasteiger partial charge in [0.1, 0.15) is 5.01 Å². The number of fused-ring (bicyclic) bond motifs is 1. The Morgan fingerprint density at radius 3 is 2.56 bits per heavy atom. The van der Waals surface area contributed by atoms with Crippen LogP contribution < -0.4 is 0 Å². The molecule has 0 saturated heterocycles. The number of hydrogen-bond acceptors (Lipinski definition) is 4. The van der Waals surface area contributed by atoms with Crippen LogP contribution in [-0.4, -0.2) is 19.8 Å². The fourth-order valence-electron chi connectivity index (χ4n) is 2.38. The van der Waals surface area contributed by atoms with Crippen LogP contribution >= 0.6 is 34.5 Å². The summed E-state index contributed by atoms with van der Waals surface area (Å²) in [7, 11) is 0. The first-order chi connectivity index (χ1) is 12.1. The highest BCUT2D eigenvalue weighted by Crippen LogP contribution is 2.30. The summed E-state index contributed by atoms with van der Waals surface area (Å²) < 4.78 is 1.70. The second kappa shape index (κ2) is 6.59. The lowest BCUT2D eigenvalue weighted by Crippen LogP contribution is -1.91. The van der Waals surface area contributed by atoms with Crippen LogP contribution in [0.4, 0.5) is 0 Å². The van der Waals surface area contributed by atoms with Gasteiger partial charge in [0.05, 0.1) is 5.02 Å². The lowest BCUT2D eigenvalue weighted by molar-refractivity contribution is 0.960. The number of hydrogen-bond donors (Lipinski definition) is 0. The molecule has 0 N–H and O–H groups in total. The number of benzene rings is 2. The normalized spacial score (nSPS) is 11.6. The molecule has 0 amide bonds.